The summed E-state index contributed by atoms with van der Waals surface area (Å²) in [5.74, 6) is -2.01. The van der Waals surface area contributed by atoms with Crippen molar-refractivity contribution in [3.8, 4) is 0 Å². The lowest BCUT2D eigenvalue weighted by Crippen LogP contribution is -2.30. The van der Waals surface area contributed by atoms with Gasteiger partial charge in [-0.25, -0.2) is 4.79 Å². The van der Waals surface area contributed by atoms with E-state index in [9.17, 15) is 29.3 Å². The zero-order valence-electron chi connectivity index (χ0n) is 32.3. The Bertz CT molecular complexity index is 2550. The van der Waals surface area contributed by atoms with Crippen molar-refractivity contribution in [2.24, 2.45) is 0 Å². The van der Waals surface area contributed by atoms with E-state index in [1.807, 2.05) is 54.6 Å². The summed E-state index contributed by atoms with van der Waals surface area (Å²) in [7, 11) is 1.34. The average molecular weight is 838 g/mol. The normalized spacial score (nSPS) is 13.1. The minimum atomic E-state index is -0.765. The number of thioether (sulfide) groups is 1. The third kappa shape index (κ3) is 10.2. The molecule has 2 heterocycles. The van der Waals surface area contributed by atoms with Gasteiger partial charge in [0.05, 0.1) is 17.6 Å². The van der Waals surface area contributed by atoms with E-state index in [0.717, 1.165) is 29.1 Å². The summed E-state index contributed by atoms with van der Waals surface area (Å²) in [5.41, 5.74) is 4.14. The highest BCUT2D eigenvalue weighted by atomic mass is 32.2. The van der Waals surface area contributed by atoms with Crippen molar-refractivity contribution < 1.29 is 28.8 Å². The molecule has 1 aliphatic rings. The van der Waals surface area contributed by atoms with Crippen LogP contribution < -0.4 is 16.0 Å². The summed E-state index contributed by atoms with van der Waals surface area (Å²) in [6, 6.07) is 40.4. The highest BCUT2D eigenvalue weighted by molar-refractivity contribution is 8.00. The molecule has 1 unspecified atom stereocenters. The Labute approximate surface area is 354 Å². The van der Waals surface area contributed by atoms with Gasteiger partial charge in [0, 0.05) is 52.8 Å². The highest BCUT2D eigenvalue weighted by Crippen LogP contribution is 2.41. The molecule has 0 saturated heterocycles. The second kappa shape index (κ2) is 19.3. The van der Waals surface area contributed by atoms with Crippen LogP contribution in [0.15, 0.2) is 150 Å². The number of thiophene rings is 1. The summed E-state index contributed by atoms with van der Waals surface area (Å²) >= 11 is 2.65. The van der Waals surface area contributed by atoms with Crippen LogP contribution in [0.3, 0.4) is 0 Å². The van der Waals surface area contributed by atoms with E-state index in [1.54, 1.807) is 48.5 Å². The molecule has 1 aromatic heterocycles. The lowest BCUT2D eigenvalue weighted by atomic mass is 10.0. The Kier molecular flexibility index (Phi) is 13.3. The molecule has 6 aromatic rings. The molecule has 302 valence electrons. The van der Waals surface area contributed by atoms with E-state index in [4.69, 9.17) is 4.74 Å². The number of benzene rings is 5. The first kappa shape index (κ1) is 41.3. The number of esters is 1. The first-order chi connectivity index (χ1) is 29.1. The number of anilines is 2. The number of non-ortho nitro benzene ring substituents is 1. The fourth-order valence-corrected chi connectivity index (χ4v) is 9.06. The van der Waals surface area contributed by atoms with Crippen LogP contribution in [0.2, 0.25) is 0 Å². The van der Waals surface area contributed by atoms with Gasteiger partial charge in [0.25, 0.3) is 17.5 Å². The number of hydrogen-bond acceptors (Lipinski definition) is 10. The van der Waals surface area contributed by atoms with Gasteiger partial charge >= 0.3 is 5.97 Å². The molecule has 12 nitrogen and oxygen atoms in total. The van der Waals surface area contributed by atoms with Crippen molar-refractivity contribution in [1.29, 1.82) is 0 Å². The zero-order chi connectivity index (χ0) is 42.0. The lowest BCUT2D eigenvalue weighted by molar-refractivity contribution is -0.384. The molecule has 7 rings (SSSR count). The number of fused-ring (bicyclic) bond motifs is 1. The molecule has 0 radical (unpaired) electrons. The average Bonchev–Trinajstić information content (AvgIpc) is 3.63. The van der Waals surface area contributed by atoms with Crippen molar-refractivity contribution in [3.05, 3.63) is 194 Å². The van der Waals surface area contributed by atoms with Crippen molar-refractivity contribution in [3.63, 3.8) is 0 Å². The molecule has 3 N–H and O–H groups in total. The molecule has 0 bridgehead atoms. The molecule has 0 saturated carbocycles. The van der Waals surface area contributed by atoms with Crippen LogP contribution in [-0.4, -0.2) is 47.2 Å². The van der Waals surface area contributed by atoms with E-state index in [2.05, 4.69) is 33.0 Å². The number of hydrogen-bond donors (Lipinski definition) is 3. The molecule has 0 fully saturated rings. The predicted molar refractivity (Wildman–Crippen MR) is 234 cm³/mol. The van der Waals surface area contributed by atoms with E-state index >= 15 is 0 Å². The molecule has 60 heavy (non-hydrogen) atoms. The van der Waals surface area contributed by atoms with E-state index in [-0.39, 0.29) is 17.3 Å². The second-order valence-corrected chi connectivity index (χ2v) is 16.0. The van der Waals surface area contributed by atoms with Crippen LogP contribution in [0.1, 0.15) is 53.1 Å². The molecular weight excluding hydrogens is 799 g/mol. The molecule has 5 aromatic carbocycles. The molecule has 0 aliphatic carbocycles. The Balaban J connectivity index is 1.12. The van der Waals surface area contributed by atoms with Gasteiger partial charge in [-0.15, -0.1) is 23.1 Å². The standard InChI is InChI=1S/C46H39N5O7S2/c1-58-46(55)40-37-24-25-50(28-31-12-5-2-6-13-31)29-39(37)60-45(40)49-44(54)41(32-14-7-3-8-15-32)59-36-19-11-18-34(27-36)47-43(53)38(48-42(52)33-16-9-4-10-17-33)26-30-20-22-35(23-21-30)51(56)57/h2-23,26-27,41H,24-25,28-29H2,1H3,(H,47,53)(H,48,52)(H,49,54)/b38-26+. The number of carbonyl (C=O) groups excluding carboxylic acids is 4. The molecule has 1 aliphatic heterocycles. The quantitative estimate of drug-likeness (QED) is 0.0320. The van der Waals surface area contributed by atoms with E-state index in [0.29, 0.717) is 45.2 Å². The van der Waals surface area contributed by atoms with Crippen LogP contribution in [0.25, 0.3) is 6.08 Å². The number of nitrogens with one attached hydrogen (secondary N) is 3. The second-order valence-electron chi connectivity index (χ2n) is 13.8. The van der Waals surface area contributed by atoms with Crippen LogP contribution in [0.5, 0.6) is 0 Å². The van der Waals surface area contributed by atoms with Crippen LogP contribution in [-0.2, 0) is 33.8 Å². The minimum Gasteiger partial charge on any atom is -0.465 e. The Morgan fingerprint density at radius 1 is 0.867 bits per heavy atom. The van der Waals surface area contributed by atoms with Gasteiger partial charge in [-0.3, -0.25) is 29.4 Å². The Morgan fingerprint density at radius 2 is 1.55 bits per heavy atom. The maximum atomic E-state index is 14.4. The number of rotatable bonds is 14. The lowest BCUT2D eigenvalue weighted by Gasteiger charge is -2.27. The SMILES string of the molecule is COC(=O)c1c(NC(=O)C(Sc2cccc(NC(=O)/C(=C\c3ccc([N+](=O)[O-])cc3)NC(=O)c3ccccc3)c2)c2ccccc2)sc2c1CCN(Cc1ccccc1)C2. The Morgan fingerprint density at radius 3 is 2.23 bits per heavy atom. The number of nitro groups is 1. The van der Waals surface area contributed by atoms with Gasteiger partial charge in [-0.1, -0.05) is 84.9 Å². The van der Waals surface area contributed by atoms with Crippen LogP contribution >= 0.6 is 23.1 Å². The largest absolute Gasteiger partial charge is 0.465 e. The predicted octanol–water partition coefficient (Wildman–Crippen LogP) is 8.88. The van der Waals surface area contributed by atoms with Crippen molar-refractivity contribution in [2.75, 3.05) is 24.3 Å². The monoisotopic (exact) mass is 837 g/mol. The van der Waals surface area contributed by atoms with Crippen LogP contribution in [0.4, 0.5) is 16.4 Å². The summed E-state index contributed by atoms with van der Waals surface area (Å²) in [5, 5.41) is 19.5. The first-order valence-corrected chi connectivity index (χ1v) is 20.6. The summed E-state index contributed by atoms with van der Waals surface area (Å²) < 4.78 is 5.21. The number of ether oxygens (including phenoxy) is 1. The number of nitrogens with zero attached hydrogens (tertiary/aromatic N) is 2. The van der Waals surface area contributed by atoms with Crippen molar-refractivity contribution in [1.82, 2.24) is 10.2 Å². The zero-order valence-corrected chi connectivity index (χ0v) is 34.0. The topological polar surface area (TPSA) is 160 Å². The van der Waals surface area contributed by atoms with Gasteiger partial charge in [-0.2, -0.15) is 0 Å². The van der Waals surface area contributed by atoms with Gasteiger partial charge < -0.3 is 20.7 Å². The van der Waals surface area contributed by atoms with E-state index < -0.39 is 28.0 Å². The Hall–Kier alpha value is -6.87. The highest BCUT2D eigenvalue weighted by Gasteiger charge is 2.31. The smallest absolute Gasteiger partial charge is 0.341 e. The number of amides is 3. The third-order valence-electron chi connectivity index (χ3n) is 9.64. The van der Waals surface area contributed by atoms with Crippen LogP contribution in [0, 0.1) is 10.1 Å². The molecule has 14 heteroatoms. The number of carbonyl (C=O) groups is 4. The first-order valence-electron chi connectivity index (χ1n) is 18.9. The molecular formula is C46H39N5O7S2. The van der Waals surface area contributed by atoms with Gasteiger partial charge in [0.15, 0.2) is 0 Å². The summed E-state index contributed by atoms with van der Waals surface area (Å²) in [6.45, 7) is 2.14. The maximum Gasteiger partial charge on any atom is 0.341 e. The summed E-state index contributed by atoms with van der Waals surface area (Å²) in [6.07, 6.45) is 2.06. The molecule has 3 amide bonds. The third-order valence-corrected chi connectivity index (χ3v) is 12.0. The number of methoxy groups -OCH3 is 1. The van der Waals surface area contributed by atoms with Gasteiger partial charge in [-0.05, 0) is 77.2 Å². The molecule has 1 atom stereocenters. The van der Waals surface area contributed by atoms with Crippen molar-refractivity contribution >= 4 is 69.2 Å². The van der Waals surface area contributed by atoms with Gasteiger partial charge in [0.2, 0.25) is 5.91 Å². The van der Waals surface area contributed by atoms with Crippen molar-refractivity contribution in [2.45, 2.75) is 29.7 Å². The minimum absolute atomic E-state index is 0.0967. The fraction of sp³-hybridized carbons (Fsp3) is 0.130. The fourth-order valence-electron chi connectivity index (χ4n) is 6.70. The number of nitro benzene ring substituents is 1. The maximum absolute atomic E-state index is 14.4. The van der Waals surface area contributed by atoms with E-state index in [1.165, 1.54) is 66.1 Å². The summed E-state index contributed by atoms with van der Waals surface area (Å²) in [4.78, 5) is 69.2. The van der Waals surface area contributed by atoms with Gasteiger partial charge in [0.1, 0.15) is 15.9 Å². The molecule has 0 spiro atoms.